The molecule has 680 valence electrons. The minimum Gasteiger partial charge on any atom is -0.496 e. The Morgan fingerprint density at radius 2 is 0.600 bits per heavy atom. The third kappa shape index (κ3) is 21.6. The van der Waals surface area contributed by atoms with Gasteiger partial charge < -0.3 is 75.2 Å². The molecule has 20 rings (SSSR count). The number of nitrogens with zero attached hydrogens (tertiary/aromatic N) is 10. The van der Waals surface area contributed by atoms with Crippen LogP contribution in [0.1, 0.15) is 79.5 Å². The largest absolute Gasteiger partial charge is 0.573 e. The second-order valence-corrected chi connectivity index (χ2v) is 30.0. The SMILES string of the molecule is CC(C)(C)Oc1ccccc1C(=O)Nc1cn[nH]c1-c1nc2ccccc2[nH]1.CCOc1ccccc1C(=O)Nc1cn[nH]c1-c1nc2ccccc2[nH]1.COc1cc(F)ccc1C(=O)Nc1cn[nH]c1-c1nc2ccccc2[nH]1.O=C(Nc1cn[nH]c1-c1nc2ccccc2[nH]1)c1ccccc1OC(F)(F)F.O=C(Nc1cn[nH]c1-c1nc2ccccc2[nH]1)c1ccccc1OC(F)F. The molecule has 10 aromatic carbocycles. The van der Waals surface area contributed by atoms with E-state index in [1.807, 2.05) is 161 Å². The van der Waals surface area contributed by atoms with Crippen molar-refractivity contribution in [2.75, 3.05) is 40.3 Å². The minimum atomic E-state index is -4.91. The van der Waals surface area contributed by atoms with Crippen LogP contribution in [0.4, 0.5) is 54.8 Å². The number of ether oxygens (including phenoxy) is 5. The number of amides is 5. The number of para-hydroxylation sites is 14. The topological polar surface area (TPSA) is 478 Å². The van der Waals surface area contributed by atoms with E-state index in [9.17, 15) is 50.3 Å². The summed E-state index contributed by atoms with van der Waals surface area (Å²) in [4.78, 5) is 102. The summed E-state index contributed by atoms with van der Waals surface area (Å²) >= 11 is 0. The number of H-pyrrole nitrogens is 10. The predicted octanol–water partition coefficient (Wildman–Crippen LogP) is 19.3. The molecule has 41 heteroatoms. The molecule has 10 aromatic heterocycles. The van der Waals surface area contributed by atoms with Crippen molar-refractivity contribution in [2.45, 2.75) is 46.3 Å². The van der Waals surface area contributed by atoms with Crippen molar-refractivity contribution in [2.24, 2.45) is 0 Å². The van der Waals surface area contributed by atoms with Crippen molar-refractivity contribution < 1.29 is 74.0 Å². The molecule has 0 spiro atoms. The first-order valence-corrected chi connectivity index (χ1v) is 41.1. The Morgan fingerprint density at radius 3 is 0.881 bits per heavy atom. The number of nitrogens with one attached hydrogen (secondary N) is 15. The molecule has 20 aromatic rings. The number of aromatic nitrogens is 20. The van der Waals surface area contributed by atoms with E-state index >= 15 is 0 Å². The number of methoxy groups -OCH3 is 1. The highest BCUT2D eigenvalue weighted by Crippen LogP contribution is 2.36. The fourth-order valence-corrected chi connectivity index (χ4v) is 13.7. The van der Waals surface area contributed by atoms with E-state index in [-0.39, 0.29) is 45.7 Å². The maximum Gasteiger partial charge on any atom is 0.573 e. The maximum absolute atomic E-state index is 13.3. The Balaban J connectivity index is 0.000000123. The summed E-state index contributed by atoms with van der Waals surface area (Å²) in [5.41, 5.74) is 13.4. The molecule has 15 N–H and O–H groups in total. The van der Waals surface area contributed by atoms with Gasteiger partial charge in [0, 0.05) is 6.07 Å². The molecule has 0 aliphatic heterocycles. The molecule has 10 heterocycles. The summed E-state index contributed by atoms with van der Waals surface area (Å²) in [6.45, 7) is 5.16. The molecule has 0 bridgehead atoms. The molecule has 5 amide bonds. The van der Waals surface area contributed by atoms with Crippen molar-refractivity contribution in [3.63, 3.8) is 0 Å². The van der Waals surface area contributed by atoms with Crippen LogP contribution in [0, 0.1) is 5.82 Å². The van der Waals surface area contributed by atoms with Crippen molar-refractivity contribution in [3.8, 4) is 86.3 Å². The summed E-state index contributed by atoms with van der Waals surface area (Å²) in [5, 5.41) is 47.7. The number of rotatable bonds is 22. The Bertz CT molecular complexity index is 7280. The highest BCUT2D eigenvalue weighted by molar-refractivity contribution is 6.11. The number of benzene rings is 10. The molecule has 0 unspecified atom stereocenters. The van der Waals surface area contributed by atoms with Crippen LogP contribution < -0.4 is 50.3 Å². The number of halogens is 6. The van der Waals surface area contributed by atoms with Gasteiger partial charge in [0.2, 0.25) is 0 Å². The van der Waals surface area contributed by atoms with Crippen LogP contribution in [-0.2, 0) is 0 Å². The van der Waals surface area contributed by atoms with E-state index in [1.54, 1.807) is 54.9 Å². The Kier molecular flexibility index (Phi) is 26.7. The molecule has 0 fully saturated rings. The van der Waals surface area contributed by atoms with Crippen LogP contribution in [0.3, 0.4) is 0 Å². The van der Waals surface area contributed by atoms with Crippen LogP contribution in [0.25, 0.3) is 113 Å². The number of hydrogen-bond donors (Lipinski definition) is 15. The van der Waals surface area contributed by atoms with Gasteiger partial charge in [-0.2, -0.15) is 34.3 Å². The average Bonchev–Trinajstić information content (AvgIpc) is 1.50. The number of imidazole rings is 5. The smallest absolute Gasteiger partial charge is 0.496 e. The molecular weight excluding hydrogens is 1750 g/mol. The van der Waals surface area contributed by atoms with Gasteiger partial charge in [-0.05, 0) is 149 Å². The van der Waals surface area contributed by atoms with Crippen LogP contribution in [-0.4, -0.2) is 163 Å². The van der Waals surface area contributed by atoms with Crippen molar-refractivity contribution in [1.29, 1.82) is 0 Å². The summed E-state index contributed by atoms with van der Waals surface area (Å²) < 4.78 is 101. The molecular formula is C94H77F6N25O10. The Morgan fingerprint density at radius 1 is 0.341 bits per heavy atom. The Hall–Kier alpha value is -18.5. The Labute approximate surface area is 758 Å². The number of carbonyl (C=O) groups is 5. The van der Waals surface area contributed by atoms with E-state index in [2.05, 4.69) is 137 Å². The zero-order valence-electron chi connectivity index (χ0n) is 71.5. The lowest BCUT2D eigenvalue weighted by atomic mass is 10.1. The first-order valence-electron chi connectivity index (χ1n) is 41.1. The van der Waals surface area contributed by atoms with Gasteiger partial charge in [0.25, 0.3) is 29.5 Å². The summed E-state index contributed by atoms with van der Waals surface area (Å²) in [6, 6.07) is 66.7. The zero-order valence-corrected chi connectivity index (χ0v) is 71.5. The second kappa shape index (κ2) is 40.0. The van der Waals surface area contributed by atoms with Crippen LogP contribution in [0.5, 0.6) is 28.7 Å². The van der Waals surface area contributed by atoms with Gasteiger partial charge in [-0.25, -0.2) is 29.3 Å². The average molecular weight is 1830 g/mol. The monoisotopic (exact) mass is 1830 g/mol. The third-order valence-electron chi connectivity index (χ3n) is 19.7. The first-order chi connectivity index (χ1) is 65.3. The summed E-state index contributed by atoms with van der Waals surface area (Å²) in [6.07, 6.45) is 2.45. The lowest BCUT2D eigenvalue weighted by Gasteiger charge is -2.22. The van der Waals surface area contributed by atoms with Gasteiger partial charge in [-0.15, -0.1) is 13.2 Å². The number of anilines is 5. The molecule has 0 radical (unpaired) electrons. The lowest BCUT2D eigenvalue weighted by molar-refractivity contribution is -0.274. The number of hydrogen-bond acceptors (Lipinski definition) is 20. The lowest BCUT2D eigenvalue weighted by Crippen LogP contribution is -2.25. The zero-order chi connectivity index (χ0) is 94.3. The van der Waals surface area contributed by atoms with E-state index < -0.39 is 47.9 Å². The fraction of sp³-hybridized carbons (Fsp3) is 0.0957. The third-order valence-corrected chi connectivity index (χ3v) is 19.7. The van der Waals surface area contributed by atoms with Gasteiger partial charge in [-0.3, -0.25) is 49.5 Å². The van der Waals surface area contributed by atoms with Crippen LogP contribution in [0.15, 0.2) is 268 Å². The predicted molar refractivity (Wildman–Crippen MR) is 492 cm³/mol. The summed E-state index contributed by atoms with van der Waals surface area (Å²) in [7, 11) is 1.38. The standard InChI is InChI=1S/C21H21N5O2.C19H17N5O2.C18H12F3N5O2.C18H13F2N5O2.C18H14FN5O2/c1-21(2,3)28-17-11-7-4-8-13(17)20(27)25-16-12-22-26-18(16)19-23-14-9-5-6-10-15(14)24-19;1-2-26-16-10-6-3-7-12(16)19(25)23-15-11-20-24-17(15)18-21-13-8-4-5-9-14(13)22-18;19-18(20,21)28-14-8-4-1-5-10(14)17(27)25-13-9-22-26-15(13)16-23-11-6-2-3-7-12(11)24-16;19-18(20)27-14-8-4-1-5-10(14)17(26)24-13-9-21-25-15(13)16-22-11-6-2-3-7-12(11)23-16;1-26-15-8-10(19)6-7-11(15)18(25)23-14-9-20-24-16(14)17-21-12-4-2-3-5-13(12)22-17/h4-12H,1-3H3,(H,22,26)(H,23,24)(H,25,27);3-11H,2H2,1H3,(H,20,24)(H,21,22)(H,23,25);1-9H,(H,22,26)(H,23,24)(H,25,27);1-9,18H,(H,21,25)(H,22,23)(H,24,26);2-9H,1H3,(H,20,24)(H,21,22)(H,23,25). The molecule has 0 saturated carbocycles. The van der Waals surface area contributed by atoms with E-state index in [0.717, 1.165) is 61.8 Å². The fourth-order valence-electron chi connectivity index (χ4n) is 13.7. The summed E-state index contributed by atoms with van der Waals surface area (Å²) in [5.74, 6) is 0.226. The quantitative estimate of drug-likeness (QED) is 0.0280. The van der Waals surface area contributed by atoms with Gasteiger partial charge in [0.15, 0.2) is 29.1 Å². The van der Waals surface area contributed by atoms with Gasteiger partial charge in [0.1, 0.15) is 68.6 Å². The number of aromatic amines is 10. The van der Waals surface area contributed by atoms with Gasteiger partial charge >= 0.3 is 13.0 Å². The van der Waals surface area contributed by atoms with Gasteiger partial charge in [0.05, 0.1) is 156 Å². The van der Waals surface area contributed by atoms with Gasteiger partial charge in [-0.1, -0.05) is 109 Å². The first kappa shape index (κ1) is 89.9. The highest BCUT2D eigenvalue weighted by Gasteiger charge is 2.34. The van der Waals surface area contributed by atoms with Crippen LogP contribution >= 0.6 is 0 Å². The highest BCUT2D eigenvalue weighted by atomic mass is 19.4. The van der Waals surface area contributed by atoms with Crippen molar-refractivity contribution in [1.82, 2.24) is 101 Å². The molecule has 35 nitrogen and oxygen atoms in total. The van der Waals surface area contributed by atoms with Crippen molar-refractivity contribution >= 4 is 113 Å². The number of alkyl halides is 5. The molecule has 0 saturated heterocycles. The molecule has 0 atom stereocenters. The number of carbonyl (C=O) groups excluding carboxylic acids is 5. The van der Waals surface area contributed by atoms with E-state index in [4.69, 9.17) is 14.2 Å². The molecule has 0 aliphatic carbocycles. The maximum atomic E-state index is 13.3. The molecule has 135 heavy (non-hydrogen) atoms. The van der Waals surface area contributed by atoms with E-state index in [0.29, 0.717) is 115 Å². The normalized spacial score (nSPS) is 11.2. The number of fused-ring (bicyclic) bond motifs is 5. The second-order valence-electron chi connectivity index (χ2n) is 30.0. The van der Waals surface area contributed by atoms with Crippen molar-refractivity contribution in [3.05, 3.63) is 301 Å². The minimum absolute atomic E-state index is 0.0189. The molecule has 0 aliphatic rings. The van der Waals surface area contributed by atoms with Crippen LogP contribution in [0.2, 0.25) is 0 Å². The van der Waals surface area contributed by atoms with E-state index in [1.165, 1.54) is 74.2 Å².